The Hall–Kier alpha value is -1.11. The fourth-order valence-electron chi connectivity index (χ4n) is 1.75. The van der Waals surface area contributed by atoms with Crippen LogP contribution in [0.25, 0.3) is 0 Å². The van der Waals surface area contributed by atoms with Crippen molar-refractivity contribution >= 4 is 5.78 Å². The number of rotatable bonds is 10. The number of carbonyl (C=O) groups is 1. The molecule has 1 nitrogen and oxygen atoms in total. The Morgan fingerprint density at radius 3 is 2.47 bits per heavy atom. The molecule has 0 aromatic carbocycles. The summed E-state index contributed by atoms with van der Waals surface area (Å²) in [6.07, 6.45) is 11.5. The van der Waals surface area contributed by atoms with Gasteiger partial charge in [0.25, 0.3) is 0 Å². The molecule has 96 valence electrons. The van der Waals surface area contributed by atoms with E-state index >= 15 is 0 Å². The largest absolute Gasteiger partial charge is 0.295 e. The molecule has 0 bridgehead atoms. The van der Waals surface area contributed by atoms with E-state index in [0.717, 1.165) is 44.1 Å². The number of hydrogen-bond donors (Lipinski definition) is 0. The molecule has 0 saturated heterocycles. The Balaban J connectivity index is 4.23. The second-order valence-corrected chi connectivity index (χ2v) is 4.51. The van der Waals surface area contributed by atoms with Crippen molar-refractivity contribution < 1.29 is 4.79 Å². The molecule has 0 N–H and O–H groups in total. The van der Waals surface area contributed by atoms with Crippen LogP contribution in [0, 0.1) is 5.92 Å². The molecule has 0 aromatic rings. The molecule has 0 amide bonds. The van der Waals surface area contributed by atoms with Gasteiger partial charge in [-0.05, 0) is 31.8 Å². The average molecular weight is 234 g/mol. The van der Waals surface area contributed by atoms with E-state index in [1.807, 2.05) is 12.2 Å². The van der Waals surface area contributed by atoms with E-state index in [4.69, 9.17) is 0 Å². The molecule has 0 saturated carbocycles. The topological polar surface area (TPSA) is 17.1 Å². The zero-order valence-electron chi connectivity index (χ0n) is 11.4. The molecule has 0 aliphatic rings. The molecule has 0 fully saturated rings. The summed E-state index contributed by atoms with van der Waals surface area (Å²) in [5, 5.41) is 0. The van der Waals surface area contributed by atoms with Crippen molar-refractivity contribution in [1.82, 2.24) is 0 Å². The van der Waals surface area contributed by atoms with Crippen molar-refractivity contribution in [3.05, 3.63) is 37.0 Å². The highest BCUT2D eigenvalue weighted by molar-refractivity contribution is 5.92. The van der Waals surface area contributed by atoms with Gasteiger partial charge in [0.15, 0.2) is 5.78 Å². The van der Waals surface area contributed by atoms with Gasteiger partial charge in [-0.1, -0.05) is 51.0 Å². The summed E-state index contributed by atoms with van der Waals surface area (Å²) < 4.78 is 0. The Morgan fingerprint density at radius 1 is 1.24 bits per heavy atom. The lowest BCUT2D eigenvalue weighted by molar-refractivity contribution is -0.118. The highest BCUT2D eigenvalue weighted by Gasteiger charge is 2.12. The van der Waals surface area contributed by atoms with E-state index in [1.165, 1.54) is 0 Å². The summed E-state index contributed by atoms with van der Waals surface area (Å²) in [6, 6.07) is 0. The number of ketones is 1. The Morgan fingerprint density at radius 2 is 1.94 bits per heavy atom. The number of allylic oxidation sites excluding steroid dienone is 4. The van der Waals surface area contributed by atoms with Crippen molar-refractivity contribution in [3.63, 3.8) is 0 Å². The molecular weight excluding hydrogens is 208 g/mol. The quantitative estimate of drug-likeness (QED) is 0.300. The van der Waals surface area contributed by atoms with Crippen molar-refractivity contribution in [3.8, 4) is 0 Å². The van der Waals surface area contributed by atoms with Crippen LogP contribution in [0.4, 0.5) is 0 Å². The van der Waals surface area contributed by atoms with Crippen LogP contribution >= 0.6 is 0 Å². The van der Waals surface area contributed by atoms with Crippen molar-refractivity contribution in [2.24, 2.45) is 5.92 Å². The fraction of sp³-hybridized carbons (Fsp3) is 0.562. The Labute approximate surface area is 106 Å². The summed E-state index contributed by atoms with van der Waals surface area (Å²) in [5.41, 5.74) is 1.05. The fourth-order valence-corrected chi connectivity index (χ4v) is 1.75. The minimum atomic E-state index is 0.104. The molecule has 1 atom stereocenters. The van der Waals surface area contributed by atoms with E-state index in [9.17, 15) is 4.79 Å². The van der Waals surface area contributed by atoms with Gasteiger partial charge in [-0.25, -0.2) is 0 Å². The van der Waals surface area contributed by atoms with Gasteiger partial charge in [-0.15, -0.1) is 6.58 Å². The lowest BCUT2D eigenvalue weighted by Gasteiger charge is -2.09. The molecular formula is C16H26O. The molecule has 0 spiro atoms. The molecule has 1 unspecified atom stereocenters. The predicted octanol–water partition coefficient (Wildman–Crippen LogP) is 4.85. The summed E-state index contributed by atoms with van der Waals surface area (Å²) in [7, 11) is 0. The maximum atomic E-state index is 11.9. The summed E-state index contributed by atoms with van der Waals surface area (Å²) >= 11 is 0. The van der Waals surface area contributed by atoms with Crippen LogP contribution in [0.15, 0.2) is 37.0 Å². The van der Waals surface area contributed by atoms with Gasteiger partial charge in [0.05, 0.1) is 0 Å². The van der Waals surface area contributed by atoms with E-state index < -0.39 is 0 Å². The van der Waals surface area contributed by atoms with Gasteiger partial charge in [0, 0.05) is 5.92 Å². The lowest BCUT2D eigenvalue weighted by Crippen LogP contribution is -2.10. The number of hydrogen-bond acceptors (Lipinski definition) is 1. The molecule has 0 rings (SSSR count). The van der Waals surface area contributed by atoms with Crippen LogP contribution in [-0.2, 0) is 4.79 Å². The maximum absolute atomic E-state index is 11.9. The van der Waals surface area contributed by atoms with Crippen LogP contribution in [0.3, 0.4) is 0 Å². The number of unbranched alkanes of at least 4 members (excludes halogenated alkanes) is 1. The van der Waals surface area contributed by atoms with Gasteiger partial charge in [0.1, 0.15) is 0 Å². The van der Waals surface area contributed by atoms with Crippen molar-refractivity contribution in [2.45, 2.75) is 52.4 Å². The summed E-state index contributed by atoms with van der Waals surface area (Å²) in [4.78, 5) is 11.9. The standard InChI is InChI=1S/C16H26O/c1-5-8-11-14(4)12-13-16(17)15(9-6-2)10-7-3/h6,12-13,15H,2,4-5,7-11H2,1,3H3/b13-12+. The first-order valence-corrected chi connectivity index (χ1v) is 6.66. The van der Waals surface area contributed by atoms with E-state index in [1.54, 1.807) is 6.08 Å². The molecule has 17 heavy (non-hydrogen) atoms. The molecule has 0 heterocycles. The van der Waals surface area contributed by atoms with Crippen LogP contribution in [0.5, 0.6) is 0 Å². The van der Waals surface area contributed by atoms with E-state index in [2.05, 4.69) is 27.0 Å². The summed E-state index contributed by atoms with van der Waals surface area (Å²) in [6.45, 7) is 11.9. The van der Waals surface area contributed by atoms with Gasteiger partial charge in [-0.2, -0.15) is 0 Å². The first kappa shape index (κ1) is 15.9. The normalized spacial score (nSPS) is 12.6. The summed E-state index contributed by atoms with van der Waals surface area (Å²) in [5.74, 6) is 0.317. The lowest BCUT2D eigenvalue weighted by atomic mass is 9.94. The first-order valence-electron chi connectivity index (χ1n) is 6.66. The van der Waals surface area contributed by atoms with Crippen LogP contribution in [0.1, 0.15) is 52.4 Å². The third kappa shape index (κ3) is 7.73. The van der Waals surface area contributed by atoms with Gasteiger partial charge in [0.2, 0.25) is 0 Å². The minimum Gasteiger partial charge on any atom is -0.295 e. The maximum Gasteiger partial charge on any atom is 0.159 e. The van der Waals surface area contributed by atoms with E-state index in [0.29, 0.717) is 0 Å². The second kappa shape index (κ2) is 10.1. The smallest absolute Gasteiger partial charge is 0.159 e. The highest BCUT2D eigenvalue weighted by Crippen LogP contribution is 2.15. The Bertz CT molecular complexity index is 273. The SMILES string of the molecule is C=CCC(CCC)C(=O)/C=C/C(=C)CCCC. The minimum absolute atomic E-state index is 0.104. The van der Waals surface area contributed by atoms with Gasteiger partial charge < -0.3 is 0 Å². The van der Waals surface area contributed by atoms with Gasteiger partial charge >= 0.3 is 0 Å². The molecule has 1 heteroatoms. The molecule has 0 aliphatic heterocycles. The predicted molar refractivity (Wildman–Crippen MR) is 76.0 cm³/mol. The highest BCUT2D eigenvalue weighted by atomic mass is 16.1. The molecule has 0 aliphatic carbocycles. The molecule has 0 aromatic heterocycles. The third-order valence-corrected chi connectivity index (χ3v) is 2.83. The van der Waals surface area contributed by atoms with Crippen LogP contribution in [-0.4, -0.2) is 5.78 Å². The average Bonchev–Trinajstić information content (AvgIpc) is 2.33. The monoisotopic (exact) mass is 234 g/mol. The van der Waals surface area contributed by atoms with Crippen molar-refractivity contribution in [1.29, 1.82) is 0 Å². The number of carbonyl (C=O) groups excluding carboxylic acids is 1. The first-order chi connectivity index (χ1) is 8.15. The van der Waals surface area contributed by atoms with Crippen LogP contribution in [0.2, 0.25) is 0 Å². The second-order valence-electron chi connectivity index (χ2n) is 4.51. The van der Waals surface area contributed by atoms with Gasteiger partial charge in [-0.3, -0.25) is 4.79 Å². The Kier molecular flexibility index (Phi) is 9.41. The van der Waals surface area contributed by atoms with Crippen LogP contribution < -0.4 is 0 Å². The van der Waals surface area contributed by atoms with E-state index in [-0.39, 0.29) is 11.7 Å². The third-order valence-electron chi connectivity index (χ3n) is 2.83. The zero-order chi connectivity index (χ0) is 13.1. The molecule has 0 radical (unpaired) electrons. The van der Waals surface area contributed by atoms with Crippen molar-refractivity contribution in [2.75, 3.05) is 0 Å². The zero-order valence-corrected chi connectivity index (χ0v) is 11.4.